The van der Waals surface area contributed by atoms with Crippen molar-refractivity contribution in [3.8, 4) is 6.07 Å². The molecule has 0 aliphatic carbocycles. The van der Waals surface area contributed by atoms with Gasteiger partial charge in [0.1, 0.15) is 6.07 Å². The second-order valence-corrected chi connectivity index (χ2v) is 3.46. The predicted octanol–water partition coefficient (Wildman–Crippen LogP) is 1.92. The van der Waals surface area contributed by atoms with E-state index in [2.05, 4.69) is 20.7 Å². The normalized spacial score (nSPS) is 9.13. The molecule has 1 aromatic carbocycles. The van der Waals surface area contributed by atoms with Crippen molar-refractivity contribution < 1.29 is 14.3 Å². The second kappa shape index (κ2) is 4.71. The Bertz CT molecular complexity index is 462. The first-order valence-corrected chi connectivity index (χ1v) is 4.71. The van der Waals surface area contributed by atoms with Crippen LogP contribution in [-0.4, -0.2) is 19.4 Å². The zero-order chi connectivity index (χ0) is 11.4. The quantitative estimate of drug-likeness (QED) is 0.607. The van der Waals surface area contributed by atoms with Gasteiger partial charge in [0.25, 0.3) is 0 Å². The molecule has 1 aromatic rings. The molecule has 5 heteroatoms. The summed E-state index contributed by atoms with van der Waals surface area (Å²) in [6.45, 7) is 0. The number of nitrogens with zero attached hydrogens (tertiary/aromatic N) is 1. The molecule has 0 spiro atoms. The van der Waals surface area contributed by atoms with Crippen LogP contribution in [0.1, 0.15) is 26.3 Å². The van der Waals surface area contributed by atoms with E-state index in [0.717, 1.165) is 0 Å². The lowest BCUT2D eigenvalue weighted by atomic mass is 10.0. The number of hydrogen-bond donors (Lipinski definition) is 0. The number of rotatable bonds is 2. The molecular weight excluding hydrogens is 262 g/mol. The molecule has 0 saturated heterocycles. The Morgan fingerprint density at radius 2 is 2.27 bits per heavy atom. The fraction of sp³-hybridized carbons (Fsp3) is 0.100. The average molecular weight is 268 g/mol. The zero-order valence-corrected chi connectivity index (χ0v) is 9.37. The smallest absolute Gasteiger partial charge is 0.339 e. The van der Waals surface area contributed by atoms with Gasteiger partial charge in [0, 0.05) is 10.0 Å². The Morgan fingerprint density at radius 3 is 2.73 bits per heavy atom. The van der Waals surface area contributed by atoms with E-state index < -0.39 is 5.97 Å². The molecule has 0 saturated carbocycles. The highest BCUT2D eigenvalue weighted by Gasteiger charge is 2.19. The number of esters is 1. The number of hydrogen-bond acceptors (Lipinski definition) is 4. The van der Waals surface area contributed by atoms with Gasteiger partial charge in [-0.25, -0.2) is 4.79 Å². The van der Waals surface area contributed by atoms with Crippen molar-refractivity contribution in [3.05, 3.63) is 33.3 Å². The first-order chi connectivity index (χ1) is 7.15. The van der Waals surface area contributed by atoms with Crippen LogP contribution in [0.15, 0.2) is 16.6 Å². The van der Waals surface area contributed by atoms with E-state index in [-0.39, 0.29) is 16.7 Å². The molecule has 0 aromatic heterocycles. The Kier molecular flexibility index (Phi) is 3.58. The van der Waals surface area contributed by atoms with E-state index in [1.165, 1.54) is 19.2 Å². The number of methoxy groups -OCH3 is 1. The van der Waals surface area contributed by atoms with Gasteiger partial charge in [-0.3, -0.25) is 4.79 Å². The Morgan fingerprint density at radius 1 is 1.60 bits per heavy atom. The molecule has 0 bridgehead atoms. The van der Waals surface area contributed by atoms with Crippen LogP contribution in [0.2, 0.25) is 0 Å². The summed E-state index contributed by atoms with van der Waals surface area (Å²) in [4.78, 5) is 22.1. The lowest BCUT2D eigenvalue weighted by Gasteiger charge is -2.06. The third-order valence-electron chi connectivity index (χ3n) is 1.82. The third kappa shape index (κ3) is 2.05. The summed E-state index contributed by atoms with van der Waals surface area (Å²) >= 11 is 3.12. The van der Waals surface area contributed by atoms with Crippen LogP contribution in [-0.2, 0) is 4.74 Å². The number of benzene rings is 1. The number of carbonyl (C=O) groups is 2. The van der Waals surface area contributed by atoms with Crippen molar-refractivity contribution in [2.45, 2.75) is 0 Å². The zero-order valence-electron chi connectivity index (χ0n) is 7.78. The maximum Gasteiger partial charge on any atom is 0.339 e. The van der Waals surface area contributed by atoms with E-state index in [9.17, 15) is 9.59 Å². The van der Waals surface area contributed by atoms with Crippen molar-refractivity contribution in [1.29, 1.82) is 5.26 Å². The average Bonchev–Trinajstić information content (AvgIpc) is 2.27. The molecule has 0 fully saturated rings. The Labute approximate surface area is 94.6 Å². The molecule has 4 nitrogen and oxygen atoms in total. The van der Waals surface area contributed by atoms with Crippen LogP contribution in [0, 0.1) is 11.3 Å². The summed E-state index contributed by atoms with van der Waals surface area (Å²) in [7, 11) is 1.19. The topological polar surface area (TPSA) is 67.2 Å². The monoisotopic (exact) mass is 267 g/mol. The predicted molar refractivity (Wildman–Crippen MR) is 55.6 cm³/mol. The van der Waals surface area contributed by atoms with Crippen LogP contribution in [0.3, 0.4) is 0 Å². The minimum Gasteiger partial charge on any atom is -0.465 e. The molecule has 76 valence electrons. The van der Waals surface area contributed by atoms with Gasteiger partial charge in [0.05, 0.1) is 18.2 Å². The molecule has 0 N–H and O–H groups in total. The molecule has 0 aliphatic heterocycles. The minimum atomic E-state index is -0.699. The number of halogens is 1. The largest absolute Gasteiger partial charge is 0.465 e. The summed E-state index contributed by atoms with van der Waals surface area (Å²) in [5, 5.41) is 8.86. The van der Waals surface area contributed by atoms with Gasteiger partial charge in [-0.2, -0.15) is 5.26 Å². The van der Waals surface area contributed by atoms with Crippen LogP contribution in [0.5, 0.6) is 0 Å². The van der Waals surface area contributed by atoms with Crippen molar-refractivity contribution >= 4 is 28.2 Å². The molecule has 1 rings (SSSR count). The van der Waals surface area contributed by atoms with E-state index in [0.29, 0.717) is 10.8 Å². The maximum absolute atomic E-state index is 11.4. The highest BCUT2D eigenvalue weighted by Crippen LogP contribution is 2.23. The molecule has 0 atom stereocenters. The van der Waals surface area contributed by atoms with Gasteiger partial charge in [0.15, 0.2) is 6.29 Å². The molecule has 0 heterocycles. The number of nitriles is 1. The number of carbonyl (C=O) groups excluding carboxylic acids is 2. The number of aldehydes is 1. The summed E-state index contributed by atoms with van der Waals surface area (Å²) in [5.41, 5.74) is 0.234. The maximum atomic E-state index is 11.4. The molecule has 0 radical (unpaired) electrons. The third-order valence-corrected chi connectivity index (χ3v) is 2.48. The van der Waals surface area contributed by atoms with E-state index in [1.54, 1.807) is 0 Å². The fourth-order valence-corrected chi connectivity index (χ4v) is 1.54. The van der Waals surface area contributed by atoms with Crippen molar-refractivity contribution in [3.63, 3.8) is 0 Å². The lowest BCUT2D eigenvalue weighted by Crippen LogP contribution is -2.08. The molecule has 15 heavy (non-hydrogen) atoms. The van der Waals surface area contributed by atoms with Gasteiger partial charge >= 0.3 is 5.97 Å². The summed E-state index contributed by atoms with van der Waals surface area (Å²) in [5.74, 6) is -0.699. The molecule has 0 amide bonds. The second-order valence-electron chi connectivity index (χ2n) is 2.61. The highest BCUT2D eigenvalue weighted by atomic mass is 79.9. The van der Waals surface area contributed by atoms with Gasteiger partial charge in [-0.15, -0.1) is 0 Å². The summed E-state index contributed by atoms with van der Waals surface area (Å²) in [6, 6.07) is 4.83. The lowest BCUT2D eigenvalue weighted by molar-refractivity contribution is 0.0598. The van der Waals surface area contributed by atoms with Gasteiger partial charge in [-0.1, -0.05) is 0 Å². The van der Waals surface area contributed by atoms with E-state index in [4.69, 9.17) is 5.26 Å². The van der Waals surface area contributed by atoms with Crippen LogP contribution < -0.4 is 0 Å². The highest BCUT2D eigenvalue weighted by molar-refractivity contribution is 9.10. The SMILES string of the molecule is COC(=O)c1c(C=O)ccc(Br)c1C#N. The Balaban J connectivity index is 3.56. The van der Waals surface area contributed by atoms with Gasteiger partial charge in [0.2, 0.25) is 0 Å². The van der Waals surface area contributed by atoms with Gasteiger partial charge < -0.3 is 4.74 Å². The summed E-state index contributed by atoms with van der Waals surface area (Å²) < 4.78 is 4.96. The van der Waals surface area contributed by atoms with Crippen molar-refractivity contribution in [1.82, 2.24) is 0 Å². The van der Waals surface area contributed by atoms with E-state index >= 15 is 0 Å². The Hall–Kier alpha value is -1.67. The first-order valence-electron chi connectivity index (χ1n) is 3.91. The summed E-state index contributed by atoms with van der Waals surface area (Å²) in [6.07, 6.45) is 0.513. The minimum absolute atomic E-state index is 0.00984. The van der Waals surface area contributed by atoms with E-state index in [1.807, 2.05) is 6.07 Å². The number of ether oxygens (including phenoxy) is 1. The standard InChI is InChI=1S/C10H6BrNO3/c1-15-10(14)9-6(5-13)2-3-8(11)7(9)4-12/h2-3,5H,1H3. The van der Waals surface area contributed by atoms with Crippen molar-refractivity contribution in [2.75, 3.05) is 7.11 Å². The van der Waals surface area contributed by atoms with Gasteiger partial charge in [-0.05, 0) is 28.1 Å². The van der Waals surface area contributed by atoms with Crippen LogP contribution >= 0.6 is 15.9 Å². The molecular formula is C10H6BrNO3. The fourth-order valence-electron chi connectivity index (χ4n) is 1.12. The van der Waals surface area contributed by atoms with Crippen LogP contribution in [0.4, 0.5) is 0 Å². The van der Waals surface area contributed by atoms with Crippen LogP contribution in [0.25, 0.3) is 0 Å². The molecule has 0 aliphatic rings. The van der Waals surface area contributed by atoms with Crippen molar-refractivity contribution in [2.24, 2.45) is 0 Å². The molecule has 0 unspecified atom stereocenters. The first kappa shape index (κ1) is 11.4.